The lowest BCUT2D eigenvalue weighted by atomic mass is 9.88. The predicted molar refractivity (Wildman–Crippen MR) is 169 cm³/mol. The number of benzene rings is 4. The molecule has 0 bridgehead atoms. The monoisotopic (exact) mass is 550 g/mol. The molecular formula is C34H39BN2O4. The highest BCUT2D eigenvalue weighted by atomic mass is 16.5. The largest absolute Gasteiger partial charge is 0.536 e. The maximum absolute atomic E-state index is 12.0. The van der Waals surface area contributed by atoms with Crippen LogP contribution in [0, 0.1) is 18.8 Å². The van der Waals surface area contributed by atoms with E-state index >= 15 is 0 Å². The number of anilines is 2. The summed E-state index contributed by atoms with van der Waals surface area (Å²) in [6.45, 7) is 12.9. The van der Waals surface area contributed by atoms with Gasteiger partial charge in [-0.15, -0.1) is 0 Å². The molecule has 2 aliphatic rings. The molecule has 212 valence electrons. The van der Waals surface area contributed by atoms with E-state index in [0.29, 0.717) is 17.6 Å². The average molecular weight is 551 g/mol. The minimum Gasteiger partial charge on any atom is -0.536 e. The van der Waals surface area contributed by atoms with Crippen molar-refractivity contribution in [2.75, 3.05) is 22.9 Å². The van der Waals surface area contributed by atoms with Gasteiger partial charge >= 0.3 is 7.12 Å². The fourth-order valence-electron chi connectivity index (χ4n) is 6.42. The van der Waals surface area contributed by atoms with Crippen molar-refractivity contribution < 1.29 is 19.3 Å². The quantitative estimate of drug-likeness (QED) is 0.287. The second kappa shape index (κ2) is 11.6. The zero-order valence-electron chi connectivity index (χ0n) is 24.9. The highest BCUT2D eigenvalue weighted by Crippen LogP contribution is 2.41. The summed E-state index contributed by atoms with van der Waals surface area (Å²) in [4.78, 5) is 27.6. The molecule has 2 heterocycles. The van der Waals surface area contributed by atoms with E-state index in [1.807, 2.05) is 34.1 Å². The molecule has 4 aromatic rings. The number of amides is 2. The molecule has 1 N–H and O–H groups in total. The number of carbonyl (C=O) groups excluding carboxylic acids is 2. The molecule has 0 aliphatic carbocycles. The molecule has 1 unspecified atom stereocenters. The molecule has 7 heteroatoms. The molecule has 0 aromatic heterocycles. The maximum atomic E-state index is 12.0. The van der Waals surface area contributed by atoms with Gasteiger partial charge in [0.2, 0.25) is 11.8 Å². The van der Waals surface area contributed by atoms with E-state index in [4.69, 9.17) is 4.65 Å². The van der Waals surface area contributed by atoms with Gasteiger partial charge in [-0.25, -0.2) is 0 Å². The number of rotatable bonds is 2. The van der Waals surface area contributed by atoms with Crippen LogP contribution in [-0.2, 0) is 22.4 Å². The second-order valence-corrected chi connectivity index (χ2v) is 11.7. The second-order valence-electron chi connectivity index (χ2n) is 11.7. The van der Waals surface area contributed by atoms with Gasteiger partial charge in [0.15, 0.2) is 0 Å². The van der Waals surface area contributed by atoms with Crippen LogP contribution >= 0.6 is 0 Å². The number of carbonyl (C=O) groups is 2. The van der Waals surface area contributed by atoms with Crippen molar-refractivity contribution in [3.8, 4) is 5.75 Å². The Morgan fingerprint density at radius 3 is 1.71 bits per heavy atom. The Hall–Kier alpha value is -3.84. The molecule has 0 saturated heterocycles. The average Bonchev–Trinajstić information content (AvgIpc) is 2.93. The van der Waals surface area contributed by atoms with Crippen molar-refractivity contribution in [1.29, 1.82) is 0 Å². The third-order valence-corrected chi connectivity index (χ3v) is 8.17. The molecule has 2 atom stereocenters. The molecule has 2 aliphatic heterocycles. The topological polar surface area (TPSA) is 70.1 Å². The zero-order chi connectivity index (χ0) is 29.4. The Labute approximate surface area is 243 Å². The first-order valence-electron chi connectivity index (χ1n) is 14.5. The van der Waals surface area contributed by atoms with Gasteiger partial charge in [0.05, 0.1) is 5.69 Å². The van der Waals surface area contributed by atoms with Gasteiger partial charge in [-0.05, 0) is 77.3 Å². The normalized spacial score (nSPS) is 17.8. The van der Waals surface area contributed by atoms with E-state index in [9.17, 15) is 14.6 Å². The van der Waals surface area contributed by atoms with Crippen LogP contribution < -0.4 is 14.5 Å². The van der Waals surface area contributed by atoms with Crippen molar-refractivity contribution in [2.24, 2.45) is 11.8 Å². The Bertz CT molecular complexity index is 1630. The molecule has 0 radical (unpaired) electrons. The van der Waals surface area contributed by atoms with Crippen LogP contribution in [0.15, 0.2) is 60.7 Å². The first kappa shape index (κ1) is 28.7. The summed E-state index contributed by atoms with van der Waals surface area (Å²) in [5.74, 6) is 1.73. The first-order valence-corrected chi connectivity index (χ1v) is 14.5. The summed E-state index contributed by atoms with van der Waals surface area (Å²) in [6.07, 6.45) is 1.99. The van der Waals surface area contributed by atoms with Gasteiger partial charge in [0.1, 0.15) is 5.75 Å². The minimum atomic E-state index is -0.894. The Kier molecular flexibility index (Phi) is 8.10. The molecular weight excluding hydrogens is 511 g/mol. The van der Waals surface area contributed by atoms with Crippen molar-refractivity contribution >= 4 is 51.9 Å². The van der Waals surface area contributed by atoms with Crippen LogP contribution in [0.2, 0.25) is 6.82 Å². The first-order chi connectivity index (χ1) is 19.5. The predicted octanol–water partition coefficient (Wildman–Crippen LogP) is 6.57. The van der Waals surface area contributed by atoms with E-state index in [1.165, 1.54) is 27.5 Å². The van der Waals surface area contributed by atoms with E-state index in [-0.39, 0.29) is 11.8 Å². The van der Waals surface area contributed by atoms with Crippen LogP contribution in [-0.4, -0.2) is 37.0 Å². The van der Waals surface area contributed by atoms with E-state index in [0.717, 1.165) is 48.1 Å². The van der Waals surface area contributed by atoms with Gasteiger partial charge in [-0.1, -0.05) is 62.4 Å². The summed E-state index contributed by atoms with van der Waals surface area (Å²) in [6, 6.07) is 20.6. The summed E-state index contributed by atoms with van der Waals surface area (Å²) in [5, 5.41) is 14.3. The summed E-state index contributed by atoms with van der Waals surface area (Å²) < 4.78 is 5.57. The van der Waals surface area contributed by atoms with Crippen molar-refractivity contribution in [3.63, 3.8) is 0 Å². The standard InChI is InChI=1S/C17H20BNO3.C17H19NO/c1-11-8-15-13-6-4-5-7-14(13)17(22-18(3)21)9-16(15)19(10-11)12(2)20;1-11-8-16-15-7-5-4-6-14(15)12(2)9-17(16)18(10-11)13(3)19/h4-7,9,11,21H,8,10H2,1-3H3;4-7,9,11H,8,10H2,1-3H3/t;11-/m.0/s1. The molecule has 6 nitrogen and oxygen atoms in total. The van der Waals surface area contributed by atoms with Gasteiger partial charge < -0.3 is 19.5 Å². The van der Waals surface area contributed by atoms with E-state index in [2.05, 4.69) is 57.2 Å². The van der Waals surface area contributed by atoms with Crippen molar-refractivity contribution in [3.05, 3.63) is 77.4 Å². The van der Waals surface area contributed by atoms with Gasteiger partial charge in [-0.2, -0.15) is 0 Å². The summed E-state index contributed by atoms with van der Waals surface area (Å²) in [7, 11) is -0.894. The lowest BCUT2D eigenvalue weighted by molar-refractivity contribution is -0.117. The number of hydrogen-bond donors (Lipinski definition) is 1. The van der Waals surface area contributed by atoms with Crippen LogP contribution in [0.3, 0.4) is 0 Å². The number of aryl methyl sites for hydroxylation is 1. The fourth-order valence-corrected chi connectivity index (χ4v) is 6.42. The molecule has 0 saturated carbocycles. The lowest BCUT2D eigenvalue weighted by Gasteiger charge is -2.34. The highest BCUT2D eigenvalue weighted by Gasteiger charge is 2.28. The summed E-state index contributed by atoms with van der Waals surface area (Å²) in [5.41, 5.74) is 5.77. The Balaban J connectivity index is 0.000000166. The third kappa shape index (κ3) is 5.69. The fraction of sp³-hybridized carbons (Fsp3) is 0.353. The zero-order valence-corrected chi connectivity index (χ0v) is 24.9. The number of hydrogen-bond acceptors (Lipinski definition) is 4. The highest BCUT2D eigenvalue weighted by molar-refractivity contribution is 6.42. The Morgan fingerprint density at radius 2 is 1.22 bits per heavy atom. The molecule has 0 spiro atoms. The third-order valence-electron chi connectivity index (χ3n) is 8.17. The van der Waals surface area contributed by atoms with Gasteiger partial charge in [-0.3, -0.25) is 9.59 Å². The molecule has 41 heavy (non-hydrogen) atoms. The van der Waals surface area contributed by atoms with Gasteiger partial charge in [0, 0.05) is 44.1 Å². The Morgan fingerprint density at radius 1 is 0.780 bits per heavy atom. The SMILES string of the molecule is CB(O)Oc1cc2c(c3ccccc13)CC(C)CN2C(C)=O.CC(=O)N1C[C@@H](C)Cc2c1cc(C)c1ccccc21. The van der Waals surface area contributed by atoms with Crippen LogP contribution in [0.4, 0.5) is 11.4 Å². The van der Waals surface area contributed by atoms with Crippen LogP contribution in [0.5, 0.6) is 5.75 Å². The van der Waals surface area contributed by atoms with Crippen LogP contribution in [0.1, 0.15) is 44.4 Å². The van der Waals surface area contributed by atoms with E-state index in [1.54, 1.807) is 20.7 Å². The number of nitrogens with zero attached hydrogens (tertiary/aromatic N) is 2. The lowest BCUT2D eigenvalue weighted by Crippen LogP contribution is -2.37. The van der Waals surface area contributed by atoms with Crippen molar-refractivity contribution in [1.82, 2.24) is 0 Å². The van der Waals surface area contributed by atoms with E-state index < -0.39 is 7.12 Å². The minimum absolute atomic E-state index is 0.0334. The molecule has 6 rings (SSSR count). The summed E-state index contributed by atoms with van der Waals surface area (Å²) >= 11 is 0. The molecule has 0 fully saturated rings. The molecule has 4 aromatic carbocycles. The maximum Gasteiger partial charge on any atom is 0.519 e. The smallest absolute Gasteiger partial charge is 0.519 e. The number of fused-ring (bicyclic) bond motifs is 6. The van der Waals surface area contributed by atoms with Crippen LogP contribution in [0.25, 0.3) is 21.5 Å². The van der Waals surface area contributed by atoms with Crippen molar-refractivity contribution in [2.45, 2.75) is 54.3 Å². The molecule has 2 amide bonds. The van der Waals surface area contributed by atoms with Gasteiger partial charge in [0.25, 0.3) is 0 Å².